The number of pyridine rings is 1. The van der Waals surface area contributed by atoms with E-state index in [1.165, 1.54) is 19.6 Å². The molecule has 2 fully saturated rings. The third-order valence-corrected chi connectivity index (χ3v) is 7.28. The van der Waals surface area contributed by atoms with Crippen LogP contribution in [0.15, 0.2) is 18.6 Å². The Morgan fingerprint density at radius 3 is 2.86 bits per heavy atom. The van der Waals surface area contributed by atoms with Crippen LogP contribution in [0.1, 0.15) is 36.1 Å². The largest absolute Gasteiger partial charge is 0.481 e. The molecule has 2 saturated heterocycles. The first-order valence-corrected chi connectivity index (χ1v) is 12.1. The number of aldehydes is 1. The van der Waals surface area contributed by atoms with E-state index in [-0.39, 0.29) is 18.1 Å². The van der Waals surface area contributed by atoms with Crippen LogP contribution in [0.2, 0.25) is 0 Å². The maximum atomic E-state index is 13.6. The van der Waals surface area contributed by atoms with Crippen molar-refractivity contribution in [3.8, 4) is 5.88 Å². The number of nitrogens with zero attached hydrogens (tertiary/aromatic N) is 5. The minimum atomic E-state index is -4.58. The highest BCUT2D eigenvalue weighted by Crippen LogP contribution is 2.38. The van der Waals surface area contributed by atoms with Gasteiger partial charge in [0.05, 0.1) is 37.5 Å². The smallest absolute Gasteiger partial charge is 0.421 e. The van der Waals surface area contributed by atoms with Crippen molar-refractivity contribution in [3.63, 3.8) is 0 Å². The Kier molecular flexibility index (Phi) is 6.98. The molecule has 0 bridgehead atoms. The number of rotatable bonds is 6. The number of alkyl halides is 3. The third kappa shape index (κ3) is 4.83. The highest BCUT2D eigenvalue weighted by Gasteiger charge is 2.38. The summed E-state index contributed by atoms with van der Waals surface area (Å²) in [4.78, 5) is 28.6. The first kappa shape index (κ1) is 24.7. The molecule has 5 heterocycles. The molecular weight excluding hydrogens is 477 g/mol. The number of methoxy groups -OCH3 is 1. The highest BCUT2D eigenvalue weighted by atomic mass is 19.4. The molecule has 0 aliphatic carbocycles. The lowest BCUT2D eigenvalue weighted by molar-refractivity contribution is -0.139. The number of halogens is 3. The van der Waals surface area contributed by atoms with Crippen molar-refractivity contribution >= 4 is 17.8 Å². The molecule has 194 valence electrons. The summed E-state index contributed by atoms with van der Waals surface area (Å²) in [5.74, 6) is 0.149. The lowest BCUT2D eigenvalue weighted by Crippen LogP contribution is -2.51. The van der Waals surface area contributed by atoms with Gasteiger partial charge in [-0.25, -0.2) is 15.0 Å². The number of hydrogen-bond acceptors (Lipinski definition) is 9. The topological polar surface area (TPSA) is 92.7 Å². The van der Waals surface area contributed by atoms with E-state index in [2.05, 4.69) is 25.2 Å². The number of carbonyl (C=O) groups is 1. The molecule has 3 atom stereocenters. The van der Waals surface area contributed by atoms with Crippen molar-refractivity contribution in [2.75, 3.05) is 43.6 Å². The van der Waals surface area contributed by atoms with Gasteiger partial charge < -0.3 is 24.5 Å². The first-order valence-electron chi connectivity index (χ1n) is 12.1. The average molecular weight is 507 g/mol. The number of carbonyl (C=O) groups excluding carboxylic acids is 1. The van der Waals surface area contributed by atoms with Crippen LogP contribution in [0, 0.1) is 5.92 Å². The Hall–Kier alpha value is -2.99. The monoisotopic (exact) mass is 506 g/mol. The standard InChI is InChI=1S/C24H29F3N6O3/c1-35-23-18(24(25,26)27)9-16(10-28-23)32-7-4-19-17(11-32)22(30-14-29-19)31-21-3-2-6-33(21)20-13-36-8-5-15(20)12-34/h9-10,12,14-15,20-21H,2-8,11,13H2,1H3,(H,29,30,31). The number of nitrogens with one attached hydrogen (secondary N) is 1. The van der Waals surface area contributed by atoms with Crippen molar-refractivity contribution in [3.05, 3.63) is 35.4 Å². The van der Waals surface area contributed by atoms with Gasteiger partial charge in [-0.1, -0.05) is 0 Å². The van der Waals surface area contributed by atoms with Crippen LogP contribution in [-0.4, -0.2) is 71.8 Å². The molecule has 3 aliphatic rings. The van der Waals surface area contributed by atoms with Crippen LogP contribution in [0.5, 0.6) is 5.88 Å². The van der Waals surface area contributed by atoms with Gasteiger partial charge in [-0.05, 0) is 25.3 Å². The van der Waals surface area contributed by atoms with Crippen LogP contribution < -0.4 is 15.0 Å². The van der Waals surface area contributed by atoms with Gasteiger partial charge in [0.25, 0.3) is 0 Å². The zero-order valence-electron chi connectivity index (χ0n) is 20.0. The van der Waals surface area contributed by atoms with Gasteiger partial charge in [0.15, 0.2) is 0 Å². The van der Waals surface area contributed by atoms with E-state index in [0.29, 0.717) is 50.7 Å². The van der Waals surface area contributed by atoms with Crippen LogP contribution in [0.4, 0.5) is 24.7 Å². The molecule has 36 heavy (non-hydrogen) atoms. The predicted molar refractivity (Wildman–Crippen MR) is 125 cm³/mol. The third-order valence-electron chi connectivity index (χ3n) is 7.28. The zero-order valence-corrected chi connectivity index (χ0v) is 20.0. The summed E-state index contributed by atoms with van der Waals surface area (Å²) in [5, 5.41) is 3.55. The summed E-state index contributed by atoms with van der Waals surface area (Å²) >= 11 is 0. The van der Waals surface area contributed by atoms with Gasteiger partial charge in [-0.15, -0.1) is 0 Å². The molecule has 9 nitrogen and oxygen atoms in total. The number of anilines is 2. The molecule has 0 spiro atoms. The molecule has 2 aromatic heterocycles. The van der Waals surface area contributed by atoms with Gasteiger partial charge in [-0.2, -0.15) is 13.2 Å². The lowest BCUT2D eigenvalue weighted by atomic mass is 9.95. The Balaban J connectivity index is 1.38. The Morgan fingerprint density at radius 1 is 1.22 bits per heavy atom. The number of hydrogen-bond donors (Lipinski definition) is 1. The quantitative estimate of drug-likeness (QED) is 0.594. The summed E-state index contributed by atoms with van der Waals surface area (Å²) in [7, 11) is 1.17. The minimum absolute atomic E-state index is 0.0107. The maximum absolute atomic E-state index is 13.6. The molecule has 0 amide bonds. The highest BCUT2D eigenvalue weighted by molar-refractivity contribution is 5.57. The Morgan fingerprint density at radius 2 is 2.08 bits per heavy atom. The van der Waals surface area contributed by atoms with E-state index in [4.69, 9.17) is 9.47 Å². The molecule has 5 rings (SSSR count). The fraction of sp³-hybridized carbons (Fsp3) is 0.583. The van der Waals surface area contributed by atoms with Crippen molar-refractivity contribution in [1.29, 1.82) is 0 Å². The molecule has 3 unspecified atom stereocenters. The van der Waals surface area contributed by atoms with E-state index < -0.39 is 17.6 Å². The van der Waals surface area contributed by atoms with E-state index in [9.17, 15) is 18.0 Å². The SMILES string of the molecule is COc1ncc(N2CCc3ncnc(NC4CCCN4C4COCCC4C=O)c3C2)cc1C(F)(F)F. The second kappa shape index (κ2) is 10.2. The first-order chi connectivity index (χ1) is 17.4. The summed E-state index contributed by atoms with van der Waals surface area (Å²) in [5.41, 5.74) is 1.18. The predicted octanol–water partition coefficient (Wildman–Crippen LogP) is 2.90. The van der Waals surface area contributed by atoms with Gasteiger partial charge in [0.2, 0.25) is 5.88 Å². The summed E-state index contributed by atoms with van der Waals surface area (Å²) in [6.07, 6.45) is 2.51. The molecule has 12 heteroatoms. The number of likely N-dealkylation sites (tertiary alicyclic amines) is 1. The Labute approximate surface area is 207 Å². The van der Waals surface area contributed by atoms with Gasteiger partial charge in [0.1, 0.15) is 24.0 Å². The fourth-order valence-corrected chi connectivity index (χ4v) is 5.40. The van der Waals surface area contributed by atoms with E-state index >= 15 is 0 Å². The number of ether oxygens (including phenoxy) is 2. The molecule has 3 aliphatic heterocycles. The molecule has 0 aromatic carbocycles. The van der Waals surface area contributed by atoms with Crippen molar-refractivity contribution in [2.24, 2.45) is 5.92 Å². The summed E-state index contributed by atoms with van der Waals surface area (Å²) < 4.78 is 51.2. The summed E-state index contributed by atoms with van der Waals surface area (Å²) in [6.45, 7) is 2.82. The molecule has 0 saturated carbocycles. The van der Waals surface area contributed by atoms with Gasteiger partial charge >= 0.3 is 6.18 Å². The fourth-order valence-electron chi connectivity index (χ4n) is 5.40. The van der Waals surface area contributed by atoms with Crippen molar-refractivity contribution in [1.82, 2.24) is 19.9 Å². The van der Waals surface area contributed by atoms with Crippen LogP contribution in [0.3, 0.4) is 0 Å². The molecule has 1 N–H and O–H groups in total. The van der Waals surface area contributed by atoms with Crippen molar-refractivity contribution < 1.29 is 27.4 Å². The van der Waals surface area contributed by atoms with Gasteiger partial charge in [-0.3, -0.25) is 4.90 Å². The second-order valence-electron chi connectivity index (χ2n) is 9.34. The summed E-state index contributed by atoms with van der Waals surface area (Å²) in [6, 6.07) is 1.09. The van der Waals surface area contributed by atoms with Gasteiger partial charge in [0, 0.05) is 50.2 Å². The molecular formula is C24H29F3N6O3. The van der Waals surface area contributed by atoms with E-state index in [1.807, 2.05) is 4.90 Å². The van der Waals surface area contributed by atoms with Crippen LogP contribution >= 0.6 is 0 Å². The van der Waals surface area contributed by atoms with Crippen molar-refractivity contribution in [2.45, 2.75) is 50.6 Å². The Bertz CT molecular complexity index is 1100. The zero-order chi connectivity index (χ0) is 25.3. The maximum Gasteiger partial charge on any atom is 0.421 e. The molecule has 0 radical (unpaired) electrons. The van der Waals surface area contributed by atoms with Crippen LogP contribution in [-0.2, 0) is 28.7 Å². The molecule has 2 aromatic rings. The number of aromatic nitrogens is 3. The minimum Gasteiger partial charge on any atom is -0.481 e. The average Bonchev–Trinajstić information content (AvgIpc) is 3.35. The van der Waals surface area contributed by atoms with E-state index in [1.54, 1.807) is 0 Å². The van der Waals surface area contributed by atoms with Crippen LogP contribution in [0.25, 0.3) is 0 Å². The normalized spacial score (nSPS) is 24.9. The lowest BCUT2D eigenvalue weighted by Gasteiger charge is -2.39. The number of fused-ring (bicyclic) bond motifs is 1. The second-order valence-corrected chi connectivity index (χ2v) is 9.34. The van der Waals surface area contributed by atoms with E-state index in [0.717, 1.165) is 43.0 Å².